The van der Waals surface area contributed by atoms with Crippen molar-refractivity contribution in [2.45, 2.75) is 6.10 Å². The van der Waals surface area contributed by atoms with E-state index in [-0.39, 0.29) is 31.6 Å². The van der Waals surface area contributed by atoms with Crippen LogP contribution in [0, 0.1) is 0 Å². The molecule has 24 heavy (non-hydrogen) atoms. The quantitative estimate of drug-likeness (QED) is 0.823. The summed E-state index contributed by atoms with van der Waals surface area (Å²) in [4.78, 5) is 39.0. The van der Waals surface area contributed by atoms with E-state index in [9.17, 15) is 14.4 Å². The topological polar surface area (TPSA) is 88.2 Å². The van der Waals surface area contributed by atoms with E-state index < -0.39 is 12.2 Å². The van der Waals surface area contributed by atoms with Crippen LogP contribution in [0.4, 0.5) is 4.79 Å². The highest BCUT2D eigenvalue weighted by Crippen LogP contribution is 2.21. The van der Waals surface area contributed by atoms with Crippen molar-refractivity contribution in [3.8, 4) is 0 Å². The Kier molecular flexibility index (Phi) is 5.22. The van der Waals surface area contributed by atoms with Crippen molar-refractivity contribution >= 4 is 40.8 Å². The van der Waals surface area contributed by atoms with Gasteiger partial charge in [0.1, 0.15) is 12.7 Å². The maximum atomic E-state index is 12.0. The van der Waals surface area contributed by atoms with E-state index in [0.717, 1.165) is 0 Å². The third-order valence-electron chi connectivity index (χ3n) is 3.66. The Balaban J connectivity index is 1.47. The normalized spacial score (nSPS) is 21.1. The maximum Gasteiger partial charge on any atom is 0.411 e. The van der Waals surface area contributed by atoms with E-state index in [2.05, 4.69) is 5.32 Å². The van der Waals surface area contributed by atoms with Crippen molar-refractivity contribution < 1.29 is 23.9 Å². The average molecular weight is 374 g/mol. The molecule has 2 aliphatic heterocycles. The molecule has 3 heterocycles. The first-order valence-electron chi connectivity index (χ1n) is 7.37. The number of cyclic esters (lactones) is 1. The Hall–Kier alpha value is -1.84. The molecule has 3 rings (SSSR count). The van der Waals surface area contributed by atoms with Crippen LogP contribution in [0.15, 0.2) is 12.1 Å². The van der Waals surface area contributed by atoms with Gasteiger partial charge >= 0.3 is 6.09 Å². The summed E-state index contributed by atoms with van der Waals surface area (Å²) in [6.07, 6.45) is -0.944. The lowest BCUT2D eigenvalue weighted by Crippen LogP contribution is -2.48. The van der Waals surface area contributed by atoms with E-state index >= 15 is 0 Å². The molecule has 1 aromatic rings. The fourth-order valence-corrected chi connectivity index (χ4v) is 3.39. The molecule has 0 saturated carbocycles. The molecule has 0 aliphatic carbocycles. The Morgan fingerprint density at radius 1 is 1.38 bits per heavy atom. The van der Waals surface area contributed by atoms with E-state index in [1.165, 1.54) is 16.2 Å². The van der Waals surface area contributed by atoms with E-state index in [0.29, 0.717) is 28.9 Å². The Morgan fingerprint density at radius 2 is 2.21 bits per heavy atom. The van der Waals surface area contributed by atoms with Gasteiger partial charge in [-0.25, -0.2) is 4.79 Å². The van der Waals surface area contributed by atoms with Crippen LogP contribution in [0.25, 0.3) is 0 Å². The van der Waals surface area contributed by atoms with Crippen LogP contribution in [-0.4, -0.2) is 73.3 Å². The summed E-state index contributed by atoms with van der Waals surface area (Å²) in [6, 6.07) is 3.29. The van der Waals surface area contributed by atoms with Gasteiger partial charge < -0.3 is 19.7 Å². The number of halogens is 1. The molecule has 2 fully saturated rings. The first-order chi connectivity index (χ1) is 11.5. The van der Waals surface area contributed by atoms with Crippen molar-refractivity contribution in [2.75, 3.05) is 39.5 Å². The predicted octanol–water partition coefficient (Wildman–Crippen LogP) is 0.768. The van der Waals surface area contributed by atoms with Crippen LogP contribution in [0.5, 0.6) is 0 Å². The molecule has 8 nitrogen and oxygen atoms in total. The first kappa shape index (κ1) is 17.0. The van der Waals surface area contributed by atoms with E-state index in [1.54, 1.807) is 17.0 Å². The second-order valence-corrected chi connectivity index (χ2v) is 7.11. The van der Waals surface area contributed by atoms with Crippen LogP contribution >= 0.6 is 22.9 Å². The molecule has 0 aromatic carbocycles. The predicted molar refractivity (Wildman–Crippen MR) is 86.0 cm³/mol. The summed E-state index contributed by atoms with van der Waals surface area (Å²) in [5, 5.41) is 2.72. The van der Waals surface area contributed by atoms with Gasteiger partial charge in [0, 0.05) is 6.54 Å². The smallest absolute Gasteiger partial charge is 0.411 e. The van der Waals surface area contributed by atoms with Gasteiger partial charge in [-0.15, -0.1) is 11.3 Å². The molecule has 0 bridgehead atoms. The molecule has 0 radical (unpaired) electrons. The highest BCUT2D eigenvalue weighted by atomic mass is 35.5. The molecular formula is C14H16ClN3O5S. The summed E-state index contributed by atoms with van der Waals surface area (Å²) >= 11 is 6.98. The molecular weight excluding hydrogens is 358 g/mol. The Bertz CT molecular complexity index is 652. The number of carbonyl (C=O) groups is 3. The highest BCUT2D eigenvalue weighted by molar-refractivity contribution is 7.17. The summed E-state index contributed by atoms with van der Waals surface area (Å²) in [7, 11) is 0. The molecule has 2 aliphatic rings. The summed E-state index contributed by atoms with van der Waals surface area (Å²) in [6.45, 7) is 1.63. The minimum absolute atomic E-state index is 0.0335. The lowest BCUT2D eigenvalue weighted by molar-refractivity contribution is -0.144. The number of morpholine rings is 1. The summed E-state index contributed by atoms with van der Waals surface area (Å²) in [5.41, 5.74) is 0. The molecule has 3 amide bonds. The molecule has 10 heteroatoms. The second kappa shape index (κ2) is 7.37. The number of carbonyl (C=O) groups excluding carboxylic acids is 3. The maximum absolute atomic E-state index is 12.0. The average Bonchev–Trinajstić information content (AvgIpc) is 3.14. The molecule has 1 unspecified atom stereocenters. The third-order valence-corrected chi connectivity index (χ3v) is 4.89. The minimum Gasteiger partial charge on any atom is -0.442 e. The van der Waals surface area contributed by atoms with Crippen molar-refractivity contribution in [1.29, 1.82) is 0 Å². The number of thiophene rings is 1. The molecule has 2 saturated heterocycles. The minimum atomic E-state index is -0.493. The summed E-state index contributed by atoms with van der Waals surface area (Å²) < 4.78 is 10.8. The van der Waals surface area contributed by atoms with Crippen molar-refractivity contribution in [1.82, 2.24) is 15.1 Å². The van der Waals surface area contributed by atoms with Gasteiger partial charge in [-0.3, -0.25) is 14.5 Å². The number of hydrogen-bond acceptors (Lipinski definition) is 6. The van der Waals surface area contributed by atoms with Gasteiger partial charge in [0.15, 0.2) is 0 Å². The van der Waals surface area contributed by atoms with Gasteiger partial charge in [-0.1, -0.05) is 11.6 Å². The van der Waals surface area contributed by atoms with Crippen LogP contribution in [0.1, 0.15) is 9.67 Å². The zero-order chi connectivity index (χ0) is 17.1. The number of hydrogen-bond donors (Lipinski definition) is 1. The van der Waals surface area contributed by atoms with Crippen molar-refractivity contribution in [3.05, 3.63) is 21.3 Å². The Morgan fingerprint density at radius 3 is 2.92 bits per heavy atom. The van der Waals surface area contributed by atoms with E-state index in [1.807, 2.05) is 0 Å². The number of nitrogens with zero attached hydrogens (tertiary/aromatic N) is 2. The zero-order valence-electron chi connectivity index (χ0n) is 12.7. The van der Waals surface area contributed by atoms with Gasteiger partial charge in [-0.05, 0) is 12.1 Å². The third kappa shape index (κ3) is 3.97. The van der Waals surface area contributed by atoms with Crippen molar-refractivity contribution in [3.63, 3.8) is 0 Å². The number of amides is 3. The van der Waals surface area contributed by atoms with Crippen LogP contribution in [0.3, 0.4) is 0 Å². The lowest BCUT2D eigenvalue weighted by atomic mass is 10.3. The van der Waals surface area contributed by atoms with E-state index in [4.69, 9.17) is 21.1 Å². The standard InChI is InChI=1S/C14H16ClN3O5S/c15-11-2-1-10(24-11)13(20)16-5-9-6-18(14(21)23-9)8-17-3-4-22-7-12(17)19/h1-2,9H,3-8H2,(H,16,20). The monoisotopic (exact) mass is 373 g/mol. The summed E-state index contributed by atoms with van der Waals surface area (Å²) in [5.74, 6) is -0.412. The largest absolute Gasteiger partial charge is 0.442 e. The molecule has 0 spiro atoms. The molecule has 1 atom stereocenters. The van der Waals surface area contributed by atoms with Crippen LogP contribution < -0.4 is 5.32 Å². The molecule has 1 N–H and O–H groups in total. The van der Waals surface area contributed by atoms with Gasteiger partial charge in [0.05, 0.1) is 35.6 Å². The van der Waals surface area contributed by atoms with Crippen LogP contribution in [0.2, 0.25) is 4.34 Å². The lowest BCUT2D eigenvalue weighted by Gasteiger charge is -2.29. The van der Waals surface area contributed by atoms with Crippen molar-refractivity contribution in [2.24, 2.45) is 0 Å². The van der Waals surface area contributed by atoms with Gasteiger partial charge in [0.25, 0.3) is 5.91 Å². The highest BCUT2D eigenvalue weighted by Gasteiger charge is 2.34. The molecule has 130 valence electrons. The van der Waals surface area contributed by atoms with Gasteiger partial charge in [-0.2, -0.15) is 0 Å². The number of rotatable bonds is 5. The fourth-order valence-electron chi connectivity index (χ4n) is 2.43. The SMILES string of the molecule is O=C(NCC1CN(CN2CCOCC2=O)C(=O)O1)c1ccc(Cl)s1. The zero-order valence-corrected chi connectivity index (χ0v) is 14.3. The second-order valence-electron chi connectivity index (χ2n) is 5.39. The number of ether oxygens (including phenoxy) is 2. The van der Waals surface area contributed by atoms with Gasteiger partial charge in [0.2, 0.25) is 5.91 Å². The number of nitrogens with one attached hydrogen (secondary N) is 1. The van der Waals surface area contributed by atoms with Crippen LogP contribution in [-0.2, 0) is 14.3 Å². The fraction of sp³-hybridized carbons (Fsp3) is 0.500. The molecule has 1 aromatic heterocycles. The Labute approximate surface area is 147 Å². The first-order valence-corrected chi connectivity index (χ1v) is 8.57.